The normalized spacial score (nSPS) is 10.2. The van der Waals surface area contributed by atoms with Crippen LogP contribution >= 0.6 is 0 Å². The van der Waals surface area contributed by atoms with Crippen LogP contribution < -0.4 is 5.32 Å². The Morgan fingerprint density at radius 1 is 1.29 bits per heavy atom. The van der Waals surface area contributed by atoms with Gasteiger partial charge in [-0.25, -0.2) is 9.67 Å². The molecule has 1 aromatic carbocycles. The van der Waals surface area contributed by atoms with Crippen molar-refractivity contribution in [3.05, 3.63) is 71.7 Å². The van der Waals surface area contributed by atoms with Crippen LogP contribution in [-0.2, 0) is 6.54 Å². The van der Waals surface area contributed by atoms with E-state index >= 15 is 0 Å². The number of benzene rings is 1. The molecule has 0 radical (unpaired) electrons. The number of carbonyl (C=O) groups is 1. The van der Waals surface area contributed by atoms with E-state index in [-0.39, 0.29) is 5.78 Å². The van der Waals surface area contributed by atoms with Crippen LogP contribution in [0, 0.1) is 11.3 Å². The molecule has 0 aliphatic heterocycles. The van der Waals surface area contributed by atoms with E-state index in [9.17, 15) is 10.1 Å². The number of hydrogen-bond donors (Lipinski definition) is 1. The minimum absolute atomic E-state index is 0.0406. The Kier molecular flexibility index (Phi) is 4.34. The minimum atomic E-state index is -0.0406. The van der Waals surface area contributed by atoms with Gasteiger partial charge in [0.2, 0.25) is 0 Å². The van der Waals surface area contributed by atoms with Crippen molar-refractivity contribution in [1.29, 1.82) is 5.26 Å². The summed E-state index contributed by atoms with van der Waals surface area (Å²) in [5.74, 6) is 0.678. The van der Waals surface area contributed by atoms with Gasteiger partial charge in [-0.1, -0.05) is 6.07 Å². The number of ketones is 1. The maximum atomic E-state index is 11.5. The molecule has 0 atom stereocenters. The van der Waals surface area contributed by atoms with Crippen LogP contribution in [0.4, 0.5) is 5.69 Å². The maximum absolute atomic E-state index is 11.5. The molecule has 2 aromatic heterocycles. The molecule has 1 N–H and O–H groups in total. The summed E-state index contributed by atoms with van der Waals surface area (Å²) < 4.78 is 1.69. The summed E-state index contributed by atoms with van der Waals surface area (Å²) in [6.07, 6.45) is 5.22. The van der Waals surface area contributed by atoms with Crippen molar-refractivity contribution < 1.29 is 4.79 Å². The monoisotopic (exact) mass is 317 g/mol. The molecule has 0 amide bonds. The Hall–Kier alpha value is -3.46. The van der Waals surface area contributed by atoms with Gasteiger partial charge in [0, 0.05) is 36.3 Å². The molecule has 2 heterocycles. The van der Waals surface area contributed by atoms with E-state index in [1.54, 1.807) is 35.3 Å². The van der Waals surface area contributed by atoms with Crippen LogP contribution in [0.2, 0.25) is 0 Å². The number of pyridine rings is 1. The van der Waals surface area contributed by atoms with Crippen molar-refractivity contribution in [1.82, 2.24) is 14.8 Å². The molecule has 0 saturated carbocycles. The number of anilines is 1. The SMILES string of the molecule is CC(=O)c1ccc(C#N)c(NCc2cccnc2-n2cccn2)c1. The van der Waals surface area contributed by atoms with E-state index in [0.29, 0.717) is 23.4 Å². The molecule has 6 heteroatoms. The number of hydrogen-bond acceptors (Lipinski definition) is 5. The number of nitrogens with one attached hydrogen (secondary N) is 1. The number of aromatic nitrogens is 3. The summed E-state index contributed by atoms with van der Waals surface area (Å²) in [5, 5.41) is 16.7. The Morgan fingerprint density at radius 3 is 2.88 bits per heavy atom. The smallest absolute Gasteiger partial charge is 0.159 e. The number of carbonyl (C=O) groups excluding carboxylic acids is 1. The molecule has 0 aliphatic rings. The molecule has 0 spiro atoms. The second-order valence-electron chi connectivity index (χ2n) is 5.22. The second kappa shape index (κ2) is 6.75. The van der Waals surface area contributed by atoms with Crippen LogP contribution in [0.15, 0.2) is 55.0 Å². The molecule has 0 unspecified atom stereocenters. The molecular formula is C18H15N5O. The molecule has 3 rings (SSSR count). The van der Waals surface area contributed by atoms with Gasteiger partial charge in [-0.15, -0.1) is 0 Å². The van der Waals surface area contributed by atoms with Crippen LogP contribution in [0.1, 0.15) is 28.4 Å². The fourth-order valence-electron chi connectivity index (χ4n) is 2.37. The topological polar surface area (TPSA) is 83.6 Å². The molecule has 0 fully saturated rings. The largest absolute Gasteiger partial charge is 0.380 e. The quantitative estimate of drug-likeness (QED) is 0.731. The molecule has 0 saturated heterocycles. The van der Waals surface area contributed by atoms with E-state index in [2.05, 4.69) is 21.5 Å². The lowest BCUT2D eigenvalue weighted by atomic mass is 10.1. The highest BCUT2D eigenvalue weighted by Crippen LogP contribution is 2.20. The van der Waals surface area contributed by atoms with E-state index in [0.717, 1.165) is 11.4 Å². The van der Waals surface area contributed by atoms with Crippen LogP contribution in [0.3, 0.4) is 0 Å². The van der Waals surface area contributed by atoms with Gasteiger partial charge in [-0.2, -0.15) is 10.4 Å². The summed E-state index contributed by atoms with van der Waals surface area (Å²) >= 11 is 0. The predicted octanol–water partition coefficient (Wildman–Crippen LogP) is 2.95. The fraction of sp³-hybridized carbons (Fsp3) is 0.111. The summed E-state index contributed by atoms with van der Waals surface area (Å²) in [4.78, 5) is 15.9. The zero-order valence-corrected chi connectivity index (χ0v) is 13.1. The molecule has 3 aromatic rings. The average Bonchev–Trinajstić information content (AvgIpc) is 3.14. The van der Waals surface area contributed by atoms with E-state index in [4.69, 9.17) is 0 Å². The number of Topliss-reactive ketones (excluding diaryl/α,β-unsaturated/α-hetero) is 1. The highest BCUT2D eigenvalue weighted by Gasteiger charge is 2.09. The Balaban J connectivity index is 1.88. The van der Waals surface area contributed by atoms with Crippen molar-refractivity contribution >= 4 is 11.5 Å². The van der Waals surface area contributed by atoms with Gasteiger partial charge in [0.05, 0.1) is 11.3 Å². The lowest BCUT2D eigenvalue weighted by molar-refractivity contribution is 0.101. The number of nitrogens with zero attached hydrogens (tertiary/aromatic N) is 4. The summed E-state index contributed by atoms with van der Waals surface area (Å²) in [6, 6.07) is 12.8. The van der Waals surface area contributed by atoms with Gasteiger partial charge in [-0.05, 0) is 37.3 Å². The van der Waals surface area contributed by atoms with Crippen LogP contribution in [-0.4, -0.2) is 20.5 Å². The zero-order chi connectivity index (χ0) is 16.9. The second-order valence-corrected chi connectivity index (χ2v) is 5.22. The third-order valence-electron chi connectivity index (χ3n) is 3.60. The Bertz CT molecular complexity index is 909. The standard InChI is InChI=1S/C18H15N5O/c1-13(24)14-5-6-15(11-19)17(10-14)21-12-16-4-2-7-20-18(16)23-9-3-8-22-23/h2-10,21H,12H2,1H3. The van der Waals surface area contributed by atoms with Crippen molar-refractivity contribution in [3.8, 4) is 11.9 Å². The lowest BCUT2D eigenvalue weighted by Gasteiger charge is -2.12. The first-order valence-corrected chi connectivity index (χ1v) is 7.42. The van der Waals surface area contributed by atoms with Gasteiger partial charge in [0.1, 0.15) is 6.07 Å². The number of rotatable bonds is 5. The first kappa shape index (κ1) is 15.4. The maximum Gasteiger partial charge on any atom is 0.159 e. The third-order valence-corrected chi connectivity index (χ3v) is 3.60. The first-order valence-electron chi connectivity index (χ1n) is 7.42. The average molecular weight is 317 g/mol. The fourth-order valence-corrected chi connectivity index (χ4v) is 2.37. The molecule has 0 bridgehead atoms. The predicted molar refractivity (Wildman–Crippen MR) is 89.8 cm³/mol. The van der Waals surface area contributed by atoms with Crippen molar-refractivity contribution in [2.45, 2.75) is 13.5 Å². The zero-order valence-electron chi connectivity index (χ0n) is 13.1. The Morgan fingerprint density at radius 2 is 2.17 bits per heavy atom. The van der Waals surface area contributed by atoms with Crippen molar-refractivity contribution in [3.63, 3.8) is 0 Å². The van der Waals surface area contributed by atoms with Gasteiger partial charge < -0.3 is 5.32 Å². The third kappa shape index (κ3) is 3.15. The minimum Gasteiger partial charge on any atom is -0.380 e. The molecule has 0 aliphatic carbocycles. The first-order chi connectivity index (χ1) is 11.7. The summed E-state index contributed by atoms with van der Waals surface area (Å²) in [7, 11) is 0. The van der Waals surface area contributed by atoms with Gasteiger partial charge in [0.25, 0.3) is 0 Å². The number of nitriles is 1. The summed E-state index contributed by atoms with van der Waals surface area (Å²) in [5.41, 5.74) is 2.61. The van der Waals surface area contributed by atoms with Gasteiger partial charge in [0.15, 0.2) is 11.6 Å². The Labute approximate surface area is 139 Å². The van der Waals surface area contributed by atoms with Crippen LogP contribution in [0.25, 0.3) is 5.82 Å². The molecule has 6 nitrogen and oxygen atoms in total. The summed E-state index contributed by atoms with van der Waals surface area (Å²) in [6.45, 7) is 1.96. The van der Waals surface area contributed by atoms with E-state index in [1.165, 1.54) is 6.92 Å². The van der Waals surface area contributed by atoms with E-state index < -0.39 is 0 Å². The van der Waals surface area contributed by atoms with E-state index in [1.807, 2.05) is 24.4 Å². The van der Waals surface area contributed by atoms with Crippen molar-refractivity contribution in [2.75, 3.05) is 5.32 Å². The van der Waals surface area contributed by atoms with Gasteiger partial charge >= 0.3 is 0 Å². The van der Waals surface area contributed by atoms with Gasteiger partial charge in [-0.3, -0.25) is 4.79 Å². The highest BCUT2D eigenvalue weighted by molar-refractivity contribution is 5.95. The van der Waals surface area contributed by atoms with Crippen LogP contribution in [0.5, 0.6) is 0 Å². The highest BCUT2D eigenvalue weighted by atomic mass is 16.1. The molecular weight excluding hydrogens is 302 g/mol. The lowest BCUT2D eigenvalue weighted by Crippen LogP contribution is -2.08. The molecule has 24 heavy (non-hydrogen) atoms. The van der Waals surface area contributed by atoms with Crippen molar-refractivity contribution in [2.24, 2.45) is 0 Å². The molecule has 118 valence electrons.